The number of hydrogen-bond donors (Lipinski definition) is 1. The Morgan fingerprint density at radius 2 is 1.90 bits per heavy atom. The largest absolute Gasteiger partial charge is 0.383 e. The van der Waals surface area contributed by atoms with Crippen LogP contribution >= 0.6 is 11.3 Å². The topological polar surface area (TPSA) is 51.6 Å². The summed E-state index contributed by atoms with van der Waals surface area (Å²) in [5.41, 5.74) is 0.00531. The minimum absolute atomic E-state index is 0.164. The standard InChI is InChI=1S/C15H17NO3S/c17-15(7-5-14(6-8-15)9-10-18-19-14)13-16-11-3-1-2-4-12(11)20-13/h1-4,17H,5-10H2. The molecule has 0 atom stereocenters. The Balaban J connectivity index is 1.61. The van der Waals surface area contributed by atoms with Gasteiger partial charge in [-0.05, 0) is 37.8 Å². The number of hydrogen-bond acceptors (Lipinski definition) is 5. The van der Waals surface area contributed by atoms with Crippen LogP contribution in [0.5, 0.6) is 0 Å². The number of thiazole rings is 1. The maximum atomic E-state index is 10.9. The molecule has 1 aliphatic heterocycles. The lowest BCUT2D eigenvalue weighted by atomic mass is 9.75. The molecule has 2 heterocycles. The maximum Gasteiger partial charge on any atom is 0.126 e. The number of nitrogens with zero attached hydrogens (tertiary/aromatic N) is 1. The molecule has 0 bridgehead atoms. The van der Waals surface area contributed by atoms with Crippen LogP contribution in [-0.2, 0) is 15.4 Å². The van der Waals surface area contributed by atoms with Crippen LogP contribution in [0.1, 0.15) is 37.1 Å². The van der Waals surface area contributed by atoms with Gasteiger partial charge in [-0.15, -0.1) is 11.3 Å². The van der Waals surface area contributed by atoms with Gasteiger partial charge in [0, 0.05) is 6.42 Å². The molecule has 1 aromatic carbocycles. The predicted octanol–water partition coefficient (Wildman–Crippen LogP) is 3.15. The molecule has 1 aliphatic carbocycles. The monoisotopic (exact) mass is 291 g/mol. The molecule has 0 amide bonds. The van der Waals surface area contributed by atoms with Crippen LogP contribution in [0.15, 0.2) is 24.3 Å². The van der Waals surface area contributed by atoms with E-state index in [1.165, 1.54) is 0 Å². The lowest BCUT2D eigenvalue weighted by Crippen LogP contribution is -2.40. The van der Waals surface area contributed by atoms with E-state index in [1.54, 1.807) is 11.3 Å². The first-order valence-corrected chi connectivity index (χ1v) is 7.90. The molecule has 4 nitrogen and oxygen atoms in total. The van der Waals surface area contributed by atoms with Gasteiger partial charge < -0.3 is 5.11 Å². The zero-order valence-corrected chi connectivity index (χ0v) is 12.0. The predicted molar refractivity (Wildman–Crippen MR) is 76.4 cm³/mol. The van der Waals surface area contributed by atoms with Crippen molar-refractivity contribution in [2.75, 3.05) is 6.61 Å². The quantitative estimate of drug-likeness (QED) is 0.820. The number of fused-ring (bicyclic) bond motifs is 1. The molecule has 0 radical (unpaired) electrons. The molecule has 2 fully saturated rings. The second kappa shape index (κ2) is 4.49. The van der Waals surface area contributed by atoms with Crippen molar-refractivity contribution < 1.29 is 14.9 Å². The van der Waals surface area contributed by atoms with Crippen molar-refractivity contribution in [3.63, 3.8) is 0 Å². The van der Waals surface area contributed by atoms with Crippen molar-refractivity contribution in [3.8, 4) is 0 Å². The number of benzene rings is 1. The Morgan fingerprint density at radius 3 is 2.60 bits per heavy atom. The highest BCUT2D eigenvalue weighted by Crippen LogP contribution is 2.47. The Bertz CT molecular complexity index is 590. The third-order valence-electron chi connectivity index (χ3n) is 4.56. The zero-order valence-electron chi connectivity index (χ0n) is 11.2. The number of rotatable bonds is 1. The van der Waals surface area contributed by atoms with Crippen molar-refractivity contribution in [1.29, 1.82) is 0 Å². The molecule has 1 saturated heterocycles. The third kappa shape index (κ3) is 1.97. The van der Waals surface area contributed by atoms with E-state index in [4.69, 9.17) is 9.78 Å². The molecular formula is C15H17NO3S. The fourth-order valence-corrected chi connectivity index (χ4v) is 4.28. The van der Waals surface area contributed by atoms with Crippen LogP contribution in [0, 0.1) is 0 Å². The molecule has 1 spiro atoms. The number of aliphatic hydroxyl groups is 1. The van der Waals surface area contributed by atoms with Crippen LogP contribution in [0.2, 0.25) is 0 Å². The normalized spacial score (nSPS) is 34.0. The summed E-state index contributed by atoms with van der Waals surface area (Å²) >= 11 is 1.60. The summed E-state index contributed by atoms with van der Waals surface area (Å²) in [6.45, 7) is 0.666. The second-order valence-electron chi connectivity index (χ2n) is 5.86. The van der Waals surface area contributed by atoms with Gasteiger partial charge in [0.2, 0.25) is 0 Å². The van der Waals surface area contributed by atoms with Crippen LogP contribution in [0.25, 0.3) is 10.2 Å². The zero-order chi connectivity index (χ0) is 13.6. The molecular weight excluding hydrogens is 274 g/mol. The summed E-state index contributed by atoms with van der Waals surface area (Å²) in [7, 11) is 0. The summed E-state index contributed by atoms with van der Waals surface area (Å²) in [5.74, 6) is 0. The Hall–Kier alpha value is -1.01. The van der Waals surface area contributed by atoms with Crippen LogP contribution in [0.3, 0.4) is 0 Å². The Morgan fingerprint density at radius 1 is 1.10 bits per heavy atom. The van der Waals surface area contributed by atoms with Crippen LogP contribution in [0.4, 0.5) is 0 Å². The van der Waals surface area contributed by atoms with Crippen LogP contribution in [-0.4, -0.2) is 22.3 Å². The van der Waals surface area contributed by atoms with Gasteiger partial charge in [-0.3, -0.25) is 0 Å². The Labute approximate surface area is 121 Å². The summed E-state index contributed by atoms with van der Waals surface area (Å²) < 4.78 is 1.14. The van der Waals surface area contributed by atoms with Crippen molar-refractivity contribution >= 4 is 21.6 Å². The second-order valence-corrected chi connectivity index (χ2v) is 6.89. The Kier molecular flexibility index (Phi) is 2.86. The molecule has 20 heavy (non-hydrogen) atoms. The van der Waals surface area contributed by atoms with Gasteiger partial charge >= 0.3 is 0 Å². The average molecular weight is 291 g/mol. The van der Waals surface area contributed by atoms with Gasteiger partial charge in [0.15, 0.2) is 0 Å². The molecule has 1 N–H and O–H groups in total. The van der Waals surface area contributed by atoms with Crippen LogP contribution < -0.4 is 0 Å². The van der Waals surface area contributed by atoms with E-state index < -0.39 is 5.60 Å². The summed E-state index contributed by atoms with van der Waals surface area (Å²) in [4.78, 5) is 15.1. The van der Waals surface area contributed by atoms with Gasteiger partial charge in [-0.1, -0.05) is 12.1 Å². The van der Waals surface area contributed by atoms with Crippen molar-refractivity contribution in [3.05, 3.63) is 29.3 Å². The fourth-order valence-electron chi connectivity index (χ4n) is 3.17. The molecule has 0 unspecified atom stereocenters. The average Bonchev–Trinajstić information content (AvgIpc) is 3.10. The first kappa shape index (κ1) is 12.7. The lowest BCUT2D eigenvalue weighted by Gasteiger charge is -2.38. The van der Waals surface area contributed by atoms with Gasteiger partial charge in [0.1, 0.15) is 16.2 Å². The first-order valence-electron chi connectivity index (χ1n) is 7.08. The van der Waals surface area contributed by atoms with E-state index in [9.17, 15) is 5.11 Å². The smallest absolute Gasteiger partial charge is 0.126 e. The van der Waals surface area contributed by atoms with E-state index in [2.05, 4.69) is 11.1 Å². The van der Waals surface area contributed by atoms with Gasteiger partial charge in [-0.25, -0.2) is 14.8 Å². The SMILES string of the molecule is OC1(c2nc3ccccc3s2)CCC2(CCOO2)CC1. The lowest BCUT2D eigenvalue weighted by molar-refractivity contribution is -0.319. The van der Waals surface area contributed by atoms with Gasteiger partial charge in [-0.2, -0.15) is 0 Å². The molecule has 2 aromatic rings. The number of para-hydroxylation sites is 1. The summed E-state index contributed by atoms with van der Waals surface area (Å²) in [6, 6.07) is 8.04. The van der Waals surface area contributed by atoms with E-state index >= 15 is 0 Å². The fraction of sp³-hybridized carbons (Fsp3) is 0.533. The highest BCUT2D eigenvalue weighted by atomic mass is 32.1. The minimum Gasteiger partial charge on any atom is -0.383 e. The summed E-state index contributed by atoms with van der Waals surface area (Å²) in [6.07, 6.45) is 3.98. The van der Waals surface area contributed by atoms with E-state index in [0.717, 1.165) is 34.5 Å². The van der Waals surface area contributed by atoms with Crippen molar-refractivity contribution in [2.45, 2.75) is 43.3 Å². The van der Waals surface area contributed by atoms with E-state index in [0.29, 0.717) is 19.4 Å². The molecule has 4 rings (SSSR count). The molecule has 2 aliphatic rings. The molecule has 5 heteroatoms. The van der Waals surface area contributed by atoms with E-state index in [-0.39, 0.29) is 5.60 Å². The van der Waals surface area contributed by atoms with Gasteiger partial charge in [0.25, 0.3) is 0 Å². The van der Waals surface area contributed by atoms with E-state index in [1.807, 2.05) is 18.2 Å². The molecule has 1 saturated carbocycles. The highest BCUT2D eigenvalue weighted by molar-refractivity contribution is 7.18. The van der Waals surface area contributed by atoms with Gasteiger partial charge in [0.05, 0.1) is 16.8 Å². The number of aromatic nitrogens is 1. The highest BCUT2D eigenvalue weighted by Gasteiger charge is 2.47. The minimum atomic E-state index is -0.805. The van der Waals surface area contributed by atoms with Crippen molar-refractivity contribution in [1.82, 2.24) is 4.98 Å². The van der Waals surface area contributed by atoms with Crippen molar-refractivity contribution in [2.24, 2.45) is 0 Å². The molecule has 106 valence electrons. The summed E-state index contributed by atoms with van der Waals surface area (Å²) in [5, 5.41) is 11.8. The third-order valence-corrected chi connectivity index (χ3v) is 5.79. The molecule has 1 aromatic heterocycles. The maximum absolute atomic E-state index is 10.9. The first-order chi connectivity index (χ1) is 9.69.